The minimum Gasteiger partial charge on any atom is -0.412 e. The molecular formula is H2CrFeNiO. The van der Waals surface area contributed by atoms with Crippen LogP contribution in [-0.4, -0.2) is 5.48 Å². The van der Waals surface area contributed by atoms with E-state index in [1.54, 1.807) is 0 Å². The quantitative estimate of drug-likeness (QED) is 0.440. The zero-order valence-electron chi connectivity index (χ0n) is 1.58. The van der Waals surface area contributed by atoms with Crippen molar-refractivity contribution in [2.75, 3.05) is 0 Å². The maximum absolute atomic E-state index is 0. The smallest absolute Gasteiger partial charge is 0 e. The van der Waals surface area contributed by atoms with Gasteiger partial charge in [-0.25, -0.2) is 0 Å². The van der Waals surface area contributed by atoms with Crippen LogP contribution < -0.4 is 0 Å². The standard InChI is InChI=1S/Cr.Fe.Ni.H2O/h;;;1H2. The van der Waals surface area contributed by atoms with E-state index in [1.165, 1.54) is 0 Å². The average molecular weight is 185 g/mol. The van der Waals surface area contributed by atoms with Gasteiger partial charge in [0.2, 0.25) is 0 Å². The van der Waals surface area contributed by atoms with Gasteiger partial charge in [-0.1, -0.05) is 0 Å². The molecule has 0 fully saturated rings. The first kappa shape index (κ1) is 49.3. The molecule has 0 amide bonds. The van der Waals surface area contributed by atoms with Gasteiger partial charge in [0, 0.05) is 50.9 Å². The molecule has 0 bridgehead atoms. The zero-order valence-corrected chi connectivity index (χ0v) is 4.94. The zero-order chi connectivity index (χ0) is 0. The van der Waals surface area contributed by atoms with Crippen LogP contribution in [0.2, 0.25) is 0 Å². The Balaban J connectivity index is 0. The fourth-order valence-electron chi connectivity index (χ4n) is 0. The summed E-state index contributed by atoms with van der Waals surface area (Å²) in [5.41, 5.74) is 0. The van der Waals surface area contributed by atoms with Crippen LogP contribution in [0.1, 0.15) is 0 Å². The second-order valence-electron chi connectivity index (χ2n) is 0. The Kier molecular flexibility index (Phi) is 301. The average Bonchev–Trinajstić information content (AvgIpc) is 0. The van der Waals surface area contributed by atoms with Gasteiger partial charge >= 0.3 is 0 Å². The SMILES string of the molecule is O.[Cr].[Fe].[Ni]. The van der Waals surface area contributed by atoms with Gasteiger partial charge < -0.3 is 5.48 Å². The molecule has 0 aromatic carbocycles. The number of hydrogen-bond acceptors (Lipinski definition) is 0. The van der Waals surface area contributed by atoms with Crippen LogP contribution in [-0.2, 0) is 50.9 Å². The van der Waals surface area contributed by atoms with E-state index in [2.05, 4.69) is 0 Å². The molecule has 0 rings (SSSR count). The Bertz CT molecular complexity index is 8.00. The second-order valence-corrected chi connectivity index (χ2v) is 0. The normalized spacial score (nSPS) is 0. The summed E-state index contributed by atoms with van der Waals surface area (Å²) in [4.78, 5) is 0. The van der Waals surface area contributed by atoms with Crippen molar-refractivity contribution in [1.82, 2.24) is 0 Å². The summed E-state index contributed by atoms with van der Waals surface area (Å²) < 4.78 is 0. The number of rotatable bonds is 0. The molecule has 0 saturated heterocycles. The van der Waals surface area contributed by atoms with E-state index in [1.807, 2.05) is 0 Å². The van der Waals surface area contributed by atoms with Crippen molar-refractivity contribution >= 4 is 0 Å². The fraction of sp³-hybridized carbons (Fsp3) is 0. The van der Waals surface area contributed by atoms with E-state index in [4.69, 9.17) is 0 Å². The molecule has 0 aromatic heterocycles. The predicted octanol–water partition coefficient (Wildman–Crippen LogP) is -0.832. The van der Waals surface area contributed by atoms with Gasteiger partial charge in [0.1, 0.15) is 0 Å². The Morgan fingerprint density at radius 2 is 1.00 bits per heavy atom. The first-order chi connectivity index (χ1) is 0. The van der Waals surface area contributed by atoms with Gasteiger partial charge in [-0.05, 0) is 0 Å². The van der Waals surface area contributed by atoms with Gasteiger partial charge in [-0.3, -0.25) is 0 Å². The first-order valence-corrected chi connectivity index (χ1v) is 0. The fourth-order valence-corrected chi connectivity index (χ4v) is 0. The van der Waals surface area contributed by atoms with Crippen LogP contribution in [0.15, 0.2) is 0 Å². The summed E-state index contributed by atoms with van der Waals surface area (Å²) in [6.07, 6.45) is 0. The summed E-state index contributed by atoms with van der Waals surface area (Å²) in [7, 11) is 0. The summed E-state index contributed by atoms with van der Waals surface area (Å²) in [5.74, 6) is 0. The van der Waals surface area contributed by atoms with E-state index in [9.17, 15) is 0 Å². The van der Waals surface area contributed by atoms with E-state index >= 15 is 0 Å². The van der Waals surface area contributed by atoms with E-state index in [-0.39, 0.29) is 56.4 Å². The van der Waals surface area contributed by atoms with E-state index < -0.39 is 0 Å². The molecule has 0 heterocycles. The van der Waals surface area contributed by atoms with Crippen LogP contribution in [0.3, 0.4) is 0 Å². The Morgan fingerprint density at radius 3 is 1.00 bits per heavy atom. The Labute approximate surface area is 56.4 Å². The monoisotopic (exact) mass is 184 g/mol. The molecular weight excluding hydrogens is 183 g/mol. The molecule has 1 nitrogen and oxygen atoms in total. The molecule has 0 aliphatic rings. The largest absolute Gasteiger partial charge is 0.412 e. The first-order valence-electron chi connectivity index (χ1n) is 0. The Hall–Kier alpha value is 1.51. The molecule has 0 aliphatic heterocycles. The summed E-state index contributed by atoms with van der Waals surface area (Å²) in [6, 6.07) is 0. The van der Waals surface area contributed by atoms with Gasteiger partial charge in [0.25, 0.3) is 0 Å². The summed E-state index contributed by atoms with van der Waals surface area (Å²) >= 11 is 0. The predicted molar refractivity (Wildman–Crippen MR) is 3.61 cm³/mol. The van der Waals surface area contributed by atoms with Crippen molar-refractivity contribution in [1.29, 1.82) is 0 Å². The third-order valence-electron chi connectivity index (χ3n) is 0. The van der Waals surface area contributed by atoms with Crippen LogP contribution in [0.25, 0.3) is 0 Å². The molecule has 0 spiro atoms. The molecule has 0 aromatic rings. The van der Waals surface area contributed by atoms with Crippen molar-refractivity contribution in [2.24, 2.45) is 0 Å². The molecule has 0 radical (unpaired) electrons. The minimum absolute atomic E-state index is 0. The van der Waals surface area contributed by atoms with Crippen LogP contribution >= 0.6 is 0 Å². The van der Waals surface area contributed by atoms with Gasteiger partial charge in [0.05, 0.1) is 0 Å². The van der Waals surface area contributed by atoms with Gasteiger partial charge in [-0.15, -0.1) is 0 Å². The van der Waals surface area contributed by atoms with Crippen molar-refractivity contribution in [2.45, 2.75) is 0 Å². The summed E-state index contributed by atoms with van der Waals surface area (Å²) in [6.45, 7) is 0. The molecule has 0 unspecified atom stereocenters. The van der Waals surface area contributed by atoms with Crippen LogP contribution in [0.5, 0.6) is 0 Å². The van der Waals surface area contributed by atoms with Crippen molar-refractivity contribution < 1.29 is 56.4 Å². The molecule has 0 atom stereocenters. The third kappa shape index (κ3) is 9.71. The maximum Gasteiger partial charge on any atom is 0 e. The number of hydrogen-bond donors (Lipinski definition) is 0. The minimum atomic E-state index is 0. The molecule has 4 heteroatoms. The van der Waals surface area contributed by atoms with Crippen LogP contribution in [0, 0.1) is 0 Å². The Morgan fingerprint density at radius 1 is 1.00 bits per heavy atom. The summed E-state index contributed by atoms with van der Waals surface area (Å²) in [5, 5.41) is 0. The molecule has 4 heavy (non-hydrogen) atoms. The molecule has 2 N–H and O–H groups in total. The maximum atomic E-state index is 0. The van der Waals surface area contributed by atoms with Crippen molar-refractivity contribution in [3.63, 3.8) is 0 Å². The van der Waals surface area contributed by atoms with E-state index in [0.717, 1.165) is 0 Å². The third-order valence-corrected chi connectivity index (χ3v) is 0. The molecule has 0 saturated carbocycles. The van der Waals surface area contributed by atoms with Crippen molar-refractivity contribution in [3.8, 4) is 0 Å². The van der Waals surface area contributed by atoms with Crippen LogP contribution in [0.4, 0.5) is 0 Å². The van der Waals surface area contributed by atoms with Gasteiger partial charge in [0.15, 0.2) is 0 Å². The van der Waals surface area contributed by atoms with E-state index in [0.29, 0.717) is 0 Å². The molecule has 32 valence electrons. The second kappa shape index (κ2) is 24.4. The topological polar surface area (TPSA) is 31.5 Å². The van der Waals surface area contributed by atoms with Crippen molar-refractivity contribution in [3.05, 3.63) is 0 Å². The molecule has 0 aliphatic carbocycles. The van der Waals surface area contributed by atoms with Gasteiger partial charge in [-0.2, -0.15) is 0 Å².